The van der Waals surface area contributed by atoms with Gasteiger partial charge in [0.1, 0.15) is 22.8 Å². The summed E-state index contributed by atoms with van der Waals surface area (Å²) >= 11 is 0. The summed E-state index contributed by atoms with van der Waals surface area (Å²) in [7, 11) is 0. The molecular formula is C16H24O4. The highest BCUT2D eigenvalue weighted by Gasteiger charge is 2.21. The van der Waals surface area contributed by atoms with Crippen LogP contribution in [0.2, 0.25) is 0 Å². The maximum Gasteiger partial charge on any atom is 0.170 e. The van der Waals surface area contributed by atoms with Crippen molar-refractivity contribution in [2.75, 3.05) is 0 Å². The number of benzene rings is 1. The third-order valence-corrected chi connectivity index (χ3v) is 3.43. The summed E-state index contributed by atoms with van der Waals surface area (Å²) in [6, 6.07) is 1.15. The molecule has 0 heterocycles. The largest absolute Gasteiger partial charge is 0.507 e. The molecule has 0 amide bonds. The molecule has 0 aliphatic heterocycles. The second-order valence-electron chi connectivity index (χ2n) is 5.10. The maximum absolute atomic E-state index is 12.0. The van der Waals surface area contributed by atoms with Gasteiger partial charge in [-0.3, -0.25) is 4.79 Å². The molecule has 0 aliphatic carbocycles. The van der Waals surface area contributed by atoms with Gasteiger partial charge in [-0.1, -0.05) is 33.1 Å². The Hall–Kier alpha value is -1.71. The van der Waals surface area contributed by atoms with Gasteiger partial charge in [0.05, 0.1) is 0 Å². The molecule has 0 saturated heterocycles. The highest BCUT2D eigenvalue weighted by atomic mass is 16.3. The Labute approximate surface area is 120 Å². The van der Waals surface area contributed by atoms with Gasteiger partial charge in [0.15, 0.2) is 5.78 Å². The number of aromatic hydroxyl groups is 3. The minimum absolute atomic E-state index is 0.0530. The van der Waals surface area contributed by atoms with E-state index in [1.807, 2.05) is 6.92 Å². The number of phenols is 3. The van der Waals surface area contributed by atoms with Gasteiger partial charge >= 0.3 is 0 Å². The van der Waals surface area contributed by atoms with Crippen molar-refractivity contribution >= 4 is 5.78 Å². The minimum Gasteiger partial charge on any atom is -0.507 e. The predicted molar refractivity (Wildman–Crippen MR) is 78.5 cm³/mol. The Morgan fingerprint density at radius 1 is 1.00 bits per heavy atom. The second kappa shape index (κ2) is 7.78. The van der Waals surface area contributed by atoms with Crippen LogP contribution < -0.4 is 0 Å². The Morgan fingerprint density at radius 2 is 1.65 bits per heavy atom. The zero-order valence-corrected chi connectivity index (χ0v) is 12.3. The van der Waals surface area contributed by atoms with Crippen LogP contribution in [0.1, 0.15) is 68.3 Å². The summed E-state index contributed by atoms with van der Waals surface area (Å²) in [6.45, 7) is 4.04. The summed E-state index contributed by atoms with van der Waals surface area (Å²) in [5.74, 6) is -1.04. The normalized spacial score (nSPS) is 10.7. The van der Waals surface area contributed by atoms with Gasteiger partial charge in [-0.2, -0.15) is 0 Å². The molecule has 4 heteroatoms. The summed E-state index contributed by atoms with van der Waals surface area (Å²) in [4.78, 5) is 12.0. The molecule has 0 fully saturated rings. The molecule has 1 aromatic rings. The van der Waals surface area contributed by atoms with E-state index in [4.69, 9.17) is 0 Å². The van der Waals surface area contributed by atoms with Gasteiger partial charge in [0, 0.05) is 18.1 Å². The first-order valence-electron chi connectivity index (χ1n) is 7.32. The standard InChI is InChI=1S/C16H24O4/c1-3-5-7-8-11-13(18)10-14(19)15(16(11)20)12(17)9-6-4-2/h10,18-20H,3-9H2,1-2H3. The average molecular weight is 280 g/mol. The Morgan fingerprint density at radius 3 is 2.25 bits per heavy atom. The van der Waals surface area contributed by atoms with E-state index in [1.165, 1.54) is 0 Å². The number of hydrogen-bond acceptors (Lipinski definition) is 4. The fourth-order valence-electron chi connectivity index (χ4n) is 2.22. The van der Waals surface area contributed by atoms with Crippen LogP contribution in [0.15, 0.2) is 6.07 Å². The molecule has 0 unspecified atom stereocenters. The van der Waals surface area contributed by atoms with E-state index in [-0.39, 0.29) is 35.0 Å². The van der Waals surface area contributed by atoms with Crippen LogP contribution in [0.25, 0.3) is 0 Å². The first-order chi connectivity index (χ1) is 9.52. The smallest absolute Gasteiger partial charge is 0.170 e. The number of unbranched alkanes of at least 4 members (excludes halogenated alkanes) is 3. The van der Waals surface area contributed by atoms with E-state index < -0.39 is 0 Å². The van der Waals surface area contributed by atoms with Crippen LogP contribution in [0.3, 0.4) is 0 Å². The molecule has 3 N–H and O–H groups in total. The van der Waals surface area contributed by atoms with Crippen molar-refractivity contribution in [3.05, 3.63) is 17.2 Å². The monoisotopic (exact) mass is 280 g/mol. The first-order valence-corrected chi connectivity index (χ1v) is 7.32. The van der Waals surface area contributed by atoms with Gasteiger partial charge < -0.3 is 15.3 Å². The Bertz CT molecular complexity index is 466. The number of carbonyl (C=O) groups excluding carboxylic acids is 1. The number of ketones is 1. The summed E-state index contributed by atoms with van der Waals surface area (Å²) in [6.07, 6.45) is 5.21. The lowest BCUT2D eigenvalue weighted by atomic mass is 9.96. The zero-order chi connectivity index (χ0) is 15.1. The minimum atomic E-state index is -0.347. The lowest BCUT2D eigenvalue weighted by Crippen LogP contribution is -2.02. The van der Waals surface area contributed by atoms with Crippen LogP contribution in [-0.4, -0.2) is 21.1 Å². The molecule has 0 bridgehead atoms. The van der Waals surface area contributed by atoms with E-state index in [2.05, 4.69) is 6.92 Å². The van der Waals surface area contributed by atoms with E-state index in [0.29, 0.717) is 18.4 Å². The number of carbonyl (C=O) groups is 1. The fraction of sp³-hybridized carbons (Fsp3) is 0.562. The van der Waals surface area contributed by atoms with Crippen LogP contribution in [-0.2, 0) is 6.42 Å². The van der Waals surface area contributed by atoms with E-state index in [0.717, 1.165) is 31.7 Å². The average Bonchev–Trinajstić information content (AvgIpc) is 2.39. The van der Waals surface area contributed by atoms with Crippen molar-refractivity contribution in [1.29, 1.82) is 0 Å². The molecule has 0 spiro atoms. The van der Waals surface area contributed by atoms with Crippen LogP contribution in [0.4, 0.5) is 0 Å². The predicted octanol–water partition coefficient (Wildman–Crippen LogP) is 3.91. The fourth-order valence-corrected chi connectivity index (χ4v) is 2.22. The SMILES string of the molecule is CCCCCc1c(O)cc(O)c(C(=O)CCCC)c1O. The van der Waals surface area contributed by atoms with Gasteiger partial charge in [0.2, 0.25) is 0 Å². The molecule has 1 aromatic carbocycles. The summed E-state index contributed by atoms with van der Waals surface area (Å²) < 4.78 is 0. The number of phenolic OH excluding ortho intramolecular Hbond substituents is 3. The van der Waals surface area contributed by atoms with Crippen LogP contribution in [0.5, 0.6) is 17.2 Å². The summed E-state index contributed by atoms with van der Waals surface area (Å²) in [5.41, 5.74) is 0.304. The topological polar surface area (TPSA) is 77.8 Å². The molecule has 0 aromatic heterocycles. The van der Waals surface area contributed by atoms with Crippen molar-refractivity contribution in [2.24, 2.45) is 0 Å². The molecular weight excluding hydrogens is 256 g/mol. The van der Waals surface area contributed by atoms with E-state index in [9.17, 15) is 20.1 Å². The zero-order valence-electron chi connectivity index (χ0n) is 12.3. The lowest BCUT2D eigenvalue weighted by molar-refractivity contribution is 0.0974. The summed E-state index contributed by atoms with van der Waals surface area (Å²) in [5, 5.41) is 29.8. The molecule has 0 radical (unpaired) electrons. The quantitative estimate of drug-likeness (QED) is 0.498. The molecule has 0 saturated carbocycles. The van der Waals surface area contributed by atoms with Gasteiger partial charge in [-0.25, -0.2) is 0 Å². The van der Waals surface area contributed by atoms with E-state index in [1.54, 1.807) is 0 Å². The highest BCUT2D eigenvalue weighted by molar-refractivity contribution is 6.01. The van der Waals surface area contributed by atoms with Crippen LogP contribution >= 0.6 is 0 Å². The van der Waals surface area contributed by atoms with Gasteiger partial charge in [0.25, 0.3) is 0 Å². The van der Waals surface area contributed by atoms with Crippen LogP contribution in [0, 0.1) is 0 Å². The van der Waals surface area contributed by atoms with Crippen molar-refractivity contribution in [2.45, 2.75) is 58.8 Å². The molecule has 1 rings (SSSR count). The Kier molecular flexibility index (Phi) is 6.36. The highest BCUT2D eigenvalue weighted by Crippen LogP contribution is 2.39. The molecule has 20 heavy (non-hydrogen) atoms. The number of Topliss-reactive ketones (excluding diaryl/α,β-unsaturated/α-hetero) is 1. The van der Waals surface area contributed by atoms with Crippen molar-refractivity contribution in [3.8, 4) is 17.2 Å². The Balaban J connectivity index is 3.05. The second-order valence-corrected chi connectivity index (χ2v) is 5.10. The van der Waals surface area contributed by atoms with Crippen molar-refractivity contribution in [1.82, 2.24) is 0 Å². The lowest BCUT2D eigenvalue weighted by Gasteiger charge is -2.13. The molecule has 0 aliphatic rings. The number of rotatable bonds is 8. The maximum atomic E-state index is 12.0. The molecule has 4 nitrogen and oxygen atoms in total. The van der Waals surface area contributed by atoms with Gasteiger partial charge in [-0.05, 0) is 19.3 Å². The number of hydrogen-bond donors (Lipinski definition) is 3. The molecule has 112 valence electrons. The van der Waals surface area contributed by atoms with E-state index >= 15 is 0 Å². The first kappa shape index (κ1) is 16.3. The van der Waals surface area contributed by atoms with Crippen molar-refractivity contribution < 1.29 is 20.1 Å². The van der Waals surface area contributed by atoms with Crippen molar-refractivity contribution in [3.63, 3.8) is 0 Å². The third-order valence-electron chi connectivity index (χ3n) is 3.43. The molecule has 0 atom stereocenters. The van der Waals surface area contributed by atoms with Gasteiger partial charge in [-0.15, -0.1) is 0 Å². The third kappa shape index (κ3) is 3.89.